The third-order valence-electron chi connectivity index (χ3n) is 6.34. The Morgan fingerprint density at radius 3 is 2.71 bits per heavy atom. The zero-order valence-electron chi connectivity index (χ0n) is 22.8. The number of carbonyl (C=O) groups is 2. The first-order valence-corrected chi connectivity index (χ1v) is 13.8. The first-order valence-electron chi connectivity index (χ1n) is 13.0. The highest BCUT2D eigenvalue weighted by Gasteiger charge is 2.25. The number of hydrogen-bond acceptors (Lipinski definition) is 7. The number of amides is 3. The van der Waals surface area contributed by atoms with Crippen LogP contribution in [0.15, 0.2) is 60.9 Å². The number of nitrogens with zero attached hydrogens (tertiary/aromatic N) is 1. The van der Waals surface area contributed by atoms with Gasteiger partial charge in [-0.2, -0.15) is 4.39 Å². The Morgan fingerprint density at radius 2 is 2.07 bits per heavy atom. The van der Waals surface area contributed by atoms with Gasteiger partial charge in [-0.05, 0) is 42.7 Å². The molecule has 5 N–H and O–H groups in total. The number of carbonyl (C=O) groups excluding carboxylic acids is 2. The lowest BCUT2D eigenvalue weighted by molar-refractivity contribution is -0.129. The summed E-state index contributed by atoms with van der Waals surface area (Å²) in [6, 6.07) is 3.53. The van der Waals surface area contributed by atoms with Gasteiger partial charge in [0.05, 0.1) is 28.9 Å². The molecule has 1 unspecified atom stereocenters. The van der Waals surface area contributed by atoms with E-state index in [4.69, 9.17) is 15.2 Å². The number of urea groups is 1. The number of ether oxygens (including phenoxy) is 2. The molecule has 218 valence electrons. The Kier molecular flexibility index (Phi) is 9.79. The first-order chi connectivity index (χ1) is 19.7. The molecule has 1 aliphatic carbocycles. The van der Waals surface area contributed by atoms with Crippen molar-refractivity contribution in [2.45, 2.75) is 31.8 Å². The molecule has 12 heteroatoms. The number of nitrogen functional groups attached to an aromatic ring is 1. The van der Waals surface area contributed by atoms with Crippen molar-refractivity contribution < 1.29 is 27.8 Å². The summed E-state index contributed by atoms with van der Waals surface area (Å²) < 4.78 is 40.5. The van der Waals surface area contributed by atoms with Gasteiger partial charge in [-0.15, -0.1) is 11.3 Å². The Bertz CT molecular complexity index is 1400. The number of rotatable bonds is 12. The van der Waals surface area contributed by atoms with Gasteiger partial charge in [-0.25, -0.2) is 9.18 Å². The fourth-order valence-corrected chi connectivity index (χ4v) is 5.08. The number of dihydropyridines is 1. The number of allylic oxidation sites excluding steroid dienone is 2. The number of halogens is 2. The van der Waals surface area contributed by atoms with Gasteiger partial charge in [0.25, 0.3) is 0 Å². The van der Waals surface area contributed by atoms with Crippen molar-refractivity contribution in [2.24, 2.45) is 0 Å². The largest absolute Gasteiger partial charge is 0.453 e. The molecule has 1 aromatic carbocycles. The highest BCUT2D eigenvalue weighted by atomic mass is 32.1. The van der Waals surface area contributed by atoms with Gasteiger partial charge in [-0.3, -0.25) is 4.79 Å². The molecule has 0 spiro atoms. The van der Waals surface area contributed by atoms with E-state index in [9.17, 15) is 18.4 Å². The van der Waals surface area contributed by atoms with Gasteiger partial charge in [-0.1, -0.05) is 24.8 Å². The van der Waals surface area contributed by atoms with Crippen LogP contribution >= 0.6 is 11.3 Å². The van der Waals surface area contributed by atoms with Crippen molar-refractivity contribution in [2.75, 3.05) is 37.9 Å². The summed E-state index contributed by atoms with van der Waals surface area (Å²) in [6.07, 6.45) is 10.4. The SMILES string of the molecule is C=C/C=C(/Oc1ccc(NC(=O)NC2CC2)c(F)c1F)c1sc(C2C=CC(CN(CCOC)C(C)=O)=CN2)cc1N. The lowest BCUT2D eigenvalue weighted by atomic mass is 10.1. The van der Waals surface area contributed by atoms with Crippen LogP contribution in [0.1, 0.15) is 35.6 Å². The molecule has 4 rings (SSSR count). The molecule has 3 amide bonds. The molecule has 1 fully saturated rings. The Hall–Kier alpha value is -4.16. The van der Waals surface area contributed by atoms with Crippen molar-refractivity contribution in [3.8, 4) is 5.75 Å². The van der Waals surface area contributed by atoms with Crippen LogP contribution in [0.2, 0.25) is 0 Å². The molecule has 9 nitrogen and oxygen atoms in total. The number of nitrogens with two attached hydrogens (primary N) is 1. The number of methoxy groups -OCH3 is 1. The maximum absolute atomic E-state index is 14.9. The minimum atomic E-state index is -1.25. The third-order valence-corrected chi connectivity index (χ3v) is 7.59. The van der Waals surface area contributed by atoms with Crippen molar-refractivity contribution in [1.29, 1.82) is 0 Å². The van der Waals surface area contributed by atoms with Crippen LogP contribution < -0.4 is 26.4 Å². The quantitative estimate of drug-likeness (QED) is 0.204. The third kappa shape index (κ3) is 7.74. The Morgan fingerprint density at radius 1 is 1.29 bits per heavy atom. The molecule has 2 aromatic rings. The number of nitrogens with one attached hydrogen (secondary N) is 3. The normalized spacial score (nSPS) is 16.4. The van der Waals surface area contributed by atoms with Gasteiger partial charge in [0, 0.05) is 44.2 Å². The topological polar surface area (TPSA) is 118 Å². The molecule has 1 saturated carbocycles. The molecular formula is C29H33F2N5O4S. The number of thiophene rings is 1. The minimum absolute atomic E-state index is 0.0445. The zero-order valence-corrected chi connectivity index (χ0v) is 23.7. The van der Waals surface area contributed by atoms with E-state index in [1.165, 1.54) is 42.5 Å². The standard InChI is InChI=1S/C29H33F2N5O4S/c1-4-5-24(40-23-11-10-22(26(30)27(23)31)35-29(38)34-19-7-8-19)28-20(32)14-25(41-28)21-9-6-18(15-33-21)16-36(17(2)37)12-13-39-3/h4-6,9-11,14-15,19,21,33H,1,7-8,12-13,16,32H2,2-3H3,(H2,34,35,38)/b24-5+. The van der Waals surface area contributed by atoms with Gasteiger partial charge in [0.15, 0.2) is 11.6 Å². The molecule has 1 aliphatic heterocycles. The number of benzene rings is 1. The predicted octanol–water partition coefficient (Wildman–Crippen LogP) is 5.08. The maximum Gasteiger partial charge on any atom is 0.319 e. The van der Waals surface area contributed by atoms with Crippen molar-refractivity contribution in [3.05, 3.63) is 82.2 Å². The van der Waals surface area contributed by atoms with Gasteiger partial charge < -0.3 is 36.1 Å². The molecule has 0 radical (unpaired) electrons. The fraction of sp³-hybridized carbons (Fsp3) is 0.310. The second-order valence-corrected chi connectivity index (χ2v) is 10.7. The van der Waals surface area contributed by atoms with Crippen LogP contribution in [-0.4, -0.2) is 49.7 Å². The van der Waals surface area contributed by atoms with E-state index in [0.29, 0.717) is 30.3 Å². The van der Waals surface area contributed by atoms with Gasteiger partial charge in [0.2, 0.25) is 11.7 Å². The number of anilines is 2. The van der Waals surface area contributed by atoms with Crippen molar-refractivity contribution in [3.63, 3.8) is 0 Å². The zero-order chi connectivity index (χ0) is 29.5. The van der Waals surface area contributed by atoms with Gasteiger partial charge >= 0.3 is 6.03 Å². The number of hydrogen-bond donors (Lipinski definition) is 4. The maximum atomic E-state index is 14.9. The highest BCUT2D eigenvalue weighted by molar-refractivity contribution is 7.13. The summed E-state index contributed by atoms with van der Waals surface area (Å²) in [5.41, 5.74) is 7.32. The smallest absolute Gasteiger partial charge is 0.319 e. The average molecular weight is 586 g/mol. The van der Waals surface area contributed by atoms with Crippen LogP contribution in [0.4, 0.5) is 25.0 Å². The van der Waals surface area contributed by atoms with E-state index in [2.05, 4.69) is 22.5 Å². The lowest BCUT2D eigenvalue weighted by Crippen LogP contribution is -2.34. The van der Waals surface area contributed by atoms with E-state index >= 15 is 0 Å². The van der Waals surface area contributed by atoms with E-state index in [1.807, 2.05) is 18.4 Å². The molecule has 0 saturated heterocycles. The average Bonchev–Trinajstić information content (AvgIpc) is 3.68. The summed E-state index contributed by atoms with van der Waals surface area (Å²) in [5.74, 6) is -2.72. The van der Waals surface area contributed by atoms with Crippen molar-refractivity contribution in [1.82, 2.24) is 15.5 Å². The molecular weight excluding hydrogens is 552 g/mol. The Balaban J connectivity index is 1.45. The van der Waals surface area contributed by atoms with Crippen LogP contribution in [0.25, 0.3) is 5.76 Å². The van der Waals surface area contributed by atoms with Gasteiger partial charge in [0.1, 0.15) is 5.76 Å². The predicted molar refractivity (Wildman–Crippen MR) is 156 cm³/mol. The van der Waals surface area contributed by atoms with E-state index < -0.39 is 17.7 Å². The second-order valence-electron chi connectivity index (χ2n) is 9.57. The monoisotopic (exact) mass is 585 g/mol. The lowest BCUT2D eigenvalue weighted by Gasteiger charge is -2.24. The summed E-state index contributed by atoms with van der Waals surface area (Å²) in [7, 11) is 1.59. The Labute approximate surface area is 241 Å². The summed E-state index contributed by atoms with van der Waals surface area (Å²) in [6.45, 7) is 6.58. The molecule has 41 heavy (non-hydrogen) atoms. The summed E-state index contributed by atoms with van der Waals surface area (Å²) in [4.78, 5) is 26.9. The summed E-state index contributed by atoms with van der Waals surface area (Å²) in [5, 5.41) is 8.29. The van der Waals surface area contributed by atoms with Crippen LogP contribution in [0.3, 0.4) is 0 Å². The molecule has 0 bridgehead atoms. The molecule has 2 heterocycles. The highest BCUT2D eigenvalue weighted by Crippen LogP contribution is 2.38. The fourth-order valence-electron chi connectivity index (χ4n) is 4.00. The van der Waals surface area contributed by atoms with E-state index in [-0.39, 0.29) is 35.2 Å². The molecule has 2 aliphatic rings. The van der Waals surface area contributed by atoms with Crippen LogP contribution in [-0.2, 0) is 9.53 Å². The molecule has 1 atom stereocenters. The van der Waals surface area contributed by atoms with E-state index in [0.717, 1.165) is 23.3 Å². The second kappa shape index (κ2) is 13.5. The summed E-state index contributed by atoms with van der Waals surface area (Å²) >= 11 is 1.33. The van der Waals surface area contributed by atoms with Crippen LogP contribution in [0.5, 0.6) is 5.75 Å². The van der Waals surface area contributed by atoms with Crippen LogP contribution in [0, 0.1) is 11.6 Å². The van der Waals surface area contributed by atoms with Crippen molar-refractivity contribution >= 4 is 40.4 Å². The molecule has 1 aromatic heterocycles. The first kappa shape index (κ1) is 29.8. The minimum Gasteiger partial charge on any atom is -0.453 e. The van der Waals surface area contributed by atoms with E-state index in [1.54, 1.807) is 18.1 Å².